The molecule has 1 aliphatic heterocycles. The van der Waals surface area contributed by atoms with E-state index in [1.54, 1.807) is 13.2 Å². The van der Waals surface area contributed by atoms with E-state index in [1.807, 2.05) is 36.3 Å². The van der Waals surface area contributed by atoms with E-state index < -0.39 is 17.7 Å². The highest BCUT2D eigenvalue weighted by Gasteiger charge is 2.39. The molecule has 1 aliphatic carbocycles. The molecule has 43 heavy (non-hydrogen) atoms. The quantitative estimate of drug-likeness (QED) is 0.288. The number of methoxy groups -OCH3 is 1. The molecule has 4 rings (SSSR count). The molecule has 2 amide bonds. The predicted molar refractivity (Wildman–Crippen MR) is 164 cm³/mol. The van der Waals surface area contributed by atoms with Crippen LogP contribution in [0.1, 0.15) is 71.3 Å². The highest BCUT2D eigenvalue weighted by molar-refractivity contribution is 5.87. The third-order valence-electron chi connectivity index (χ3n) is 8.38. The Morgan fingerprint density at radius 1 is 1.00 bits per heavy atom. The van der Waals surface area contributed by atoms with Crippen LogP contribution in [0.3, 0.4) is 0 Å². The topological polar surface area (TPSA) is 91.3 Å². The largest absolute Gasteiger partial charge is 0.444 e. The molecule has 2 aromatic rings. The standard InChI is InChI=1S/C33H50FN3O6/c1-33(2,3)43-32(39)35-30(24-9-6-5-7-10-24)31(38)37-14-8-11-27(37)21-25-23-36(29-22-26(34)12-13-28(25)29)15-16-41-19-20-42-18-17-40-4/h12-13,22-24,27,30H,5-11,14-21H2,1-4H3,(H,35,39)/t27-,30-/m0/s1. The first-order valence-corrected chi connectivity index (χ1v) is 15.9. The van der Waals surface area contributed by atoms with Gasteiger partial charge in [0.15, 0.2) is 0 Å². The molecule has 1 saturated heterocycles. The van der Waals surface area contributed by atoms with Gasteiger partial charge in [0.25, 0.3) is 0 Å². The Kier molecular flexibility index (Phi) is 12.2. The van der Waals surface area contributed by atoms with Gasteiger partial charge in [0.2, 0.25) is 5.91 Å². The van der Waals surface area contributed by atoms with Gasteiger partial charge in [0, 0.05) is 37.8 Å². The van der Waals surface area contributed by atoms with Crippen LogP contribution in [0.15, 0.2) is 24.4 Å². The molecule has 1 aromatic carbocycles. The Morgan fingerprint density at radius 2 is 1.72 bits per heavy atom. The number of ether oxygens (including phenoxy) is 4. The van der Waals surface area contributed by atoms with Crippen molar-refractivity contribution in [2.75, 3.05) is 46.7 Å². The summed E-state index contributed by atoms with van der Waals surface area (Å²) in [5.41, 5.74) is 1.26. The molecule has 0 bridgehead atoms. The first kappa shape index (κ1) is 33.2. The van der Waals surface area contributed by atoms with E-state index in [0.717, 1.165) is 61.4 Å². The lowest BCUT2D eigenvalue weighted by Crippen LogP contribution is -2.54. The van der Waals surface area contributed by atoms with Gasteiger partial charge in [-0.3, -0.25) is 4.79 Å². The van der Waals surface area contributed by atoms with Gasteiger partial charge in [-0.1, -0.05) is 19.3 Å². The molecular weight excluding hydrogens is 553 g/mol. The van der Waals surface area contributed by atoms with E-state index in [9.17, 15) is 14.0 Å². The minimum atomic E-state index is -0.642. The molecule has 0 unspecified atom stereocenters. The van der Waals surface area contributed by atoms with Crippen LogP contribution >= 0.6 is 0 Å². The summed E-state index contributed by atoms with van der Waals surface area (Å²) in [5.74, 6) is -0.200. The Bertz CT molecular complexity index is 1190. The van der Waals surface area contributed by atoms with Crippen LogP contribution in [0.2, 0.25) is 0 Å². The number of carbonyl (C=O) groups excluding carboxylic acids is 2. The lowest BCUT2D eigenvalue weighted by atomic mass is 9.83. The van der Waals surface area contributed by atoms with Crippen LogP contribution in [0.25, 0.3) is 10.9 Å². The number of hydrogen-bond acceptors (Lipinski definition) is 6. The van der Waals surface area contributed by atoms with Crippen LogP contribution < -0.4 is 5.32 Å². The van der Waals surface area contributed by atoms with Gasteiger partial charge in [-0.05, 0) is 82.6 Å². The normalized spacial score (nSPS) is 18.7. The fourth-order valence-electron chi connectivity index (χ4n) is 6.37. The number of fused-ring (bicyclic) bond motifs is 1. The van der Waals surface area contributed by atoms with Gasteiger partial charge in [0.1, 0.15) is 17.5 Å². The number of halogens is 1. The van der Waals surface area contributed by atoms with Gasteiger partial charge in [0.05, 0.1) is 38.6 Å². The molecular formula is C33H50FN3O6. The molecule has 0 radical (unpaired) electrons. The summed E-state index contributed by atoms with van der Waals surface area (Å²) in [4.78, 5) is 28.9. The van der Waals surface area contributed by atoms with E-state index in [0.29, 0.717) is 52.5 Å². The molecule has 1 saturated carbocycles. The number of rotatable bonds is 14. The van der Waals surface area contributed by atoms with Gasteiger partial charge in [-0.25, -0.2) is 9.18 Å². The monoisotopic (exact) mass is 603 g/mol. The Labute approximate surface area is 255 Å². The Hall–Kier alpha value is -2.69. The first-order valence-electron chi connectivity index (χ1n) is 15.9. The minimum absolute atomic E-state index is 0.00336. The number of aromatic nitrogens is 1. The van der Waals surface area contributed by atoms with Crippen molar-refractivity contribution < 1.29 is 32.9 Å². The zero-order valence-corrected chi connectivity index (χ0v) is 26.4. The van der Waals surface area contributed by atoms with Crippen molar-refractivity contribution in [3.05, 3.63) is 35.8 Å². The maximum atomic E-state index is 14.3. The van der Waals surface area contributed by atoms with Crippen molar-refractivity contribution in [1.29, 1.82) is 0 Å². The molecule has 1 aromatic heterocycles. The summed E-state index contributed by atoms with van der Waals surface area (Å²) in [6.45, 7) is 9.25. The summed E-state index contributed by atoms with van der Waals surface area (Å²) in [7, 11) is 1.64. The summed E-state index contributed by atoms with van der Waals surface area (Å²) >= 11 is 0. The Morgan fingerprint density at radius 3 is 2.44 bits per heavy atom. The van der Waals surface area contributed by atoms with Gasteiger partial charge in [-0.15, -0.1) is 0 Å². The lowest BCUT2D eigenvalue weighted by Gasteiger charge is -2.35. The van der Waals surface area contributed by atoms with E-state index >= 15 is 0 Å². The van der Waals surface area contributed by atoms with Crippen molar-refractivity contribution >= 4 is 22.9 Å². The first-order chi connectivity index (χ1) is 20.7. The average Bonchev–Trinajstić information content (AvgIpc) is 3.56. The zero-order valence-electron chi connectivity index (χ0n) is 26.4. The molecule has 2 fully saturated rings. The highest BCUT2D eigenvalue weighted by atomic mass is 19.1. The van der Waals surface area contributed by atoms with E-state index in [-0.39, 0.29) is 23.7 Å². The van der Waals surface area contributed by atoms with Crippen molar-refractivity contribution in [2.24, 2.45) is 5.92 Å². The third-order valence-corrected chi connectivity index (χ3v) is 8.38. The SMILES string of the molecule is COCCOCCOCCn1cc(C[C@@H]2CCCN2C(=O)[C@@H](NC(=O)OC(C)(C)C)C2CCCCC2)c2ccc(F)cc21. The molecule has 2 aliphatic rings. The number of alkyl carbamates (subject to hydrolysis) is 1. The van der Waals surface area contributed by atoms with Crippen molar-refractivity contribution in [3.63, 3.8) is 0 Å². The maximum absolute atomic E-state index is 14.3. The van der Waals surface area contributed by atoms with Gasteiger partial charge < -0.3 is 33.7 Å². The maximum Gasteiger partial charge on any atom is 0.408 e. The summed E-state index contributed by atoms with van der Waals surface area (Å²) < 4.78 is 38.1. The second-order valence-electron chi connectivity index (χ2n) is 12.8. The molecule has 0 spiro atoms. The van der Waals surface area contributed by atoms with Crippen LogP contribution in [0.5, 0.6) is 0 Å². The fraction of sp³-hybridized carbons (Fsp3) is 0.697. The lowest BCUT2D eigenvalue weighted by molar-refractivity contribution is -0.136. The number of benzene rings is 1. The third kappa shape index (κ3) is 9.65. The molecule has 1 N–H and O–H groups in total. The predicted octanol–water partition coefficient (Wildman–Crippen LogP) is 5.47. The average molecular weight is 604 g/mol. The van der Waals surface area contributed by atoms with Crippen LogP contribution in [-0.4, -0.2) is 85.8 Å². The summed E-state index contributed by atoms with van der Waals surface area (Å²) in [5, 5.41) is 3.95. The van der Waals surface area contributed by atoms with Crippen LogP contribution in [0.4, 0.5) is 9.18 Å². The summed E-state index contributed by atoms with van der Waals surface area (Å²) in [6, 6.07) is 4.29. The summed E-state index contributed by atoms with van der Waals surface area (Å²) in [6.07, 6.45) is 9.12. The minimum Gasteiger partial charge on any atom is -0.444 e. The van der Waals surface area contributed by atoms with Crippen LogP contribution in [0, 0.1) is 11.7 Å². The number of hydrogen-bond donors (Lipinski definition) is 1. The highest BCUT2D eigenvalue weighted by Crippen LogP contribution is 2.32. The smallest absolute Gasteiger partial charge is 0.408 e. The van der Waals surface area contributed by atoms with Crippen molar-refractivity contribution in [3.8, 4) is 0 Å². The van der Waals surface area contributed by atoms with Gasteiger partial charge >= 0.3 is 6.09 Å². The number of likely N-dealkylation sites (tertiary alicyclic amines) is 1. The second-order valence-corrected chi connectivity index (χ2v) is 12.8. The number of amides is 2. The number of nitrogens with one attached hydrogen (secondary N) is 1. The second kappa shape index (κ2) is 15.9. The Balaban J connectivity index is 1.45. The molecule has 2 atom stereocenters. The molecule has 2 heterocycles. The van der Waals surface area contributed by atoms with E-state index in [2.05, 4.69) is 11.5 Å². The van der Waals surface area contributed by atoms with E-state index in [4.69, 9.17) is 18.9 Å². The fourth-order valence-corrected chi connectivity index (χ4v) is 6.37. The van der Waals surface area contributed by atoms with E-state index in [1.165, 1.54) is 6.07 Å². The number of carbonyl (C=O) groups is 2. The van der Waals surface area contributed by atoms with Crippen molar-refractivity contribution in [2.45, 2.75) is 96.4 Å². The van der Waals surface area contributed by atoms with Crippen LogP contribution in [-0.2, 0) is 36.7 Å². The number of nitrogens with zero attached hydrogens (tertiary/aromatic N) is 2. The zero-order chi connectivity index (χ0) is 30.8. The molecule has 240 valence electrons. The molecule has 10 heteroatoms. The molecule has 9 nitrogen and oxygen atoms in total. The van der Waals surface area contributed by atoms with Gasteiger partial charge in [-0.2, -0.15) is 0 Å². The van der Waals surface area contributed by atoms with Crippen molar-refractivity contribution in [1.82, 2.24) is 14.8 Å².